The van der Waals surface area contributed by atoms with Crippen LogP contribution in [0.2, 0.25) is 0 Å². The number of furan rings is 2. The Kier molecular flexibility index (Phi) is 6.82. The summed E-state index contributed by atoms with van der Waals surface area (Å²) in [5.41, 5.74) is 17.1. The fourth-order valence-electron chi connectivity index (χ4n) is 8.51. The zero-order valence-electron chi connectivity index (χ0n) is 30.8. The Hall–Kier alpha value is -6.12. The molecule has 2 aromatic heterocycles. The molecule has 2 nitrogen and oxygen atoms in total. The average molecular weight is 685 g/mol. The van der Waals surface area contributed by atoms with Gasteiger partial charge < -0.3 is 8.83 Å². The molecule has 1 aliphatic rings. The molecular formula is C51H40O2. The van der Waals surface area contributed by atoms with Crippen LogP contribution in [0.4, 0.5) is 0 Å². The van der Waals surface area contributed by atoms with E-state index >= 15 is 0 Å². The number of para-hydroxylation sites is 2. The lowest BCUT2D eigenvalue weighted by Gasteiger charge is -2.25. The van der Waals surface area contributed by atoms with Crippen molar-refractivity contribution in [2.75, 3.05) is 0 Å². The highest BCUT2D eigenvalue weighted by Gasteiger charge is 2.36. The molecular weight excluding hydrogens is 645 g/mol. The van der Waals surface area contributed by atoms with Crippen molar-refractivity contribution in [2.24, 2.45) is 0 Å². The van der Waals surface area contributed by atoms with Gasteiger partial charge in [-0.2, -0.15) is 0 Å². The summed E-state index contributed by atoms with van der Waals surface area (Å²) >= 11 is 0. The lowest BCUT2D eigenvalue weighted by Crippen LogP contribution is -2.17. The molecule has 7 aromatic carbocycles. The molecule has 53 heavy (non-hydrogen) atoms. The summed E-state index contributed by atoms with van der Waals surface area (Å²) in [6, 6.07) is 52.6. The van der Waals surface area contributed by atoms with Gasteiger partial charge in [-0.25, -0.2) is 0 Å². The van der Waals surface area contributed by atoms with Gasteiger partial charge in [-0.3, -0.25) is 0 Å². The predicted molar refractivity (Wildman–Crippen MR) is 223 cm³/mol. The van der Waals surface area contributed by atoms with Gasteiger partial charge in [0.25, 0.3) is 0 Å². The third kappa shape index (κ3) is 5.00. The average Bonchev–Trinajstić information content (AvgIpc) is 3.81. The summed E-state index contributed by atoms with van der Waals surface area (Å²) in [5.74, 6) is 0. The number of rotatable bonds is 4. The molecule has 0 aliphatic heterocycles. The fourth-order valence-corrected chi connectivity index (χ4v) is 8.51. The van der Waals surface area contributed by atoms with E-state index < -0.39 is 0 Å². The van der Waals surface area contributed by atoms with Crippen molar-refractivity contribution < 1.29 is 8.83 Å². The van der Waals surface area contributed by atoms with Gasteiger partial charge in [0, 0.05) is 32.5 Å². The zero-order valence-corrected chi connectivity index (χ0v) is 30.8. The summed E-state index contributed by atoms with van der Waals surface area (Å²) in [4.78, 5) is 0. The summed E-state index contributed by atoms with van der Waals surface area (Å²) in [6.45, 7) is 11.6. The van der Waals surface area contributed by atoms with Crippen LogP contribution in [-0.4, -0.2) is 0 Å². The molecule has 1 aliphatic carbocycles. The van der Waals surface area contributed by atoms with Crippen LogP contribution in [0.5, 0.6) is 0 Å². The minimum absolute atomic E-state index is 0.0804. The third-order valence-corrected chi connectivity index (χ3v) is 11.5. The Balaban J connectivity index is 1.18. The van der Waals surface area contributed by atoms with Gasteiger partial charge in [-0.1, -0.05) is 144 Å². The van der Waals surface area contributed by atoms with Crippen LogP contribution >= 0.6 is 0 Å². The molecule has 0 saturated carbocycles. The molecule has 0 radical (unpaired) electrons. The minimum Gasteiger partial charge on any atom is -0.456 e. The van der Waals surface area contributed by atoms with Crippen LogP contribution in [0, 0.1) is 0 Å². The summed E-state index contributed by atoms with van der Waals surface area (Å²) < 4.78 is 13.1. The van der Waals surface area contributed by atoms with E-state index in [0.29, 0.717) is 0 Å². The summed E-state index contributed by atoms with van der Waals surface area (Å²) in [5, 5.41) is 4.48. The van der Waals surface area contributed by atoms with E-state index in [9.17, 15) is 0 Å². The SMILES string of the molecule is CC(C)(C)c1ccc2c(c1)C(C)(C)c1ccc(/C(=C/c3cccc4c3oc3ccc(-c5ccccc5)cc34)c3ccc4c(c3)oc3ccccc34)cc1-2. The van der Waals surface area contributed by atoms with E-state index in [-0.39, 0.29) is 10.8 Å². The van der Waals surface area contributed by atoms with Crippen molar-refractivity contribution in [3.05, 3.63) is 179 Å². The van der Waals surface area contributed by atoms with Crippen molar-refractivity contribution in [3.63, 3.8) is 0 Å². The molecule has 0 spiro atoms. The Morgan fingerprint density at radius 1 is 0.509 bits per heavy atom. The molecule has 256 valence electrons. The van der Waals surface area contributed by atoms with Crippen LogP contribution in [0.1, 0.15) is 68.0 Å². The van der Waals surface area contributed by atoms with E-state index in [1.54, 1.807) is 0 Å². The van der Waals surface area contributed by atoms with Crippen molar-refractivity contribution in [1.82, 2.24) is 0 Å². The maximum Gasteiger partial charge on any atom is 0.142 e. The quantitative estimate of drug-likeness (QED) is 0.173. The third-order valence-electron chi connectivity index (χ3n) is 11.5. The molecule has 0 unspecified atom stereocenters. The van der Waals surface area contributed by atoms with Crippen LogP contribution in [-0.2, 0) is 10.8 Å². The Bertz CT molecular complexity index is 2940. The van der Waals surface area contributed by atoms with Crippen molar-refractivity contribution >= 4 is 55.5 Å². The number of hydrogen-bond donors (Lipinski definition) is 0. The second kappa shape index (κ2) is 11.4. The first-order valence-corrected chi connectivity index (χ1v) is 18.6. The highest BCUT2D eigenvalue weighted by molar-refractivity contribution is 6.11. The standard InChI is InChI=1S/C51H40O2/c1-50(2,3)36-21-23-37-42-27-33(19-24-44(42)51(4,5)45(37)30-36)41(34-18-22-39-38-15-9-10-17-46(38)52-48(39)29-34)28-35-14-11-16-40-43-26-32(31-12-7-6-8-13-31)20-25-47(43)53-49(35)40/h6-30H,1-5H3/b41-28-. The van der Waals surface area contributed by atoms with Gasteiger partial charge >= 0.3 is 0 Å². The van der Waals surface area contributed by atoms with E-state index in [2.05, 4.69) is 174 Å². The van der Waals surface area contributed by atoms with Gasteiger partial charge in [0.1, 0.15) is 22.3 Å². The monoisotopic (exact) mass is 684 g/mol. The summed E-state index contributed by atoms with van der Waals surface area (Å²) in [7, 11) is 0. The molecule has 0 atom stereocenters. The molecule has 0 amide bonds. The van der Waals surface area contributed by atoms with Gasteiger partial charge in [0.05, 0.1) is 0 Å². The molecule has 2 heteroatoms. The van der Waals surface area contributed by atoms with Gasteiger partial charge in [-0.05, 0) is 104 Å². The number of hydrogen-bond acceptors (Lipinski definition) is 2. The number of benzene rings is 7. The predicted octanol–water partition coefficient (Wildman–Crippen LogP) is 14.3. The first-order chi connectivity index (χ1) is 25.6. The lowest BCUT2D eigenvalue weighted by molar-refractivity contribution is 0.584. The topological polar surface area (TPSA) is 26.3 Å². The molecule has 0 saturated heterocycles. The van der Waals surface area contributed by atoms with Gasteiger partial charge in [0.2, 0.25) is 0 Å². The smallest absolute Gasteiger partial charge is 0.142 e. The van der Waals surface area contributed by atoms with E-state index in [1.165, 1.54) is 38.9 Å². The highest BCUT2D eigenvalue weighted by atomic mass is 16.3. The minimum atomic E-state index is -0.0972. The molecule has 2 heterocycles. The normalized spacial score (nSPS) is 14.0. The van der Waals surface area contributed by atoms with E-state index in [0.717, 1.165) is 66.1 Å². The van der Waals surface area contributed by atoms with Crippen LogP contribution < -0.4 is 0 Å². The van der Waals surface area contributed by atoms with Crippen LogP contribution in [0.3, 0.4) is 0 Å². The first kappa shape index (κ1) is 31.6. The molecule has 0 fully saturated rings. The molecule has 10 rings (SSSR count). The molecule has 0 N–H and O–H groups in total. The van der Waals surface area contributed by atoms with Crippen molar-refractivity contribution in [1.29, 1.82) is 0 Å². The maximum absolute atomic E-state index is 6.68. The Morgan fingerprint density at radius 2 is 1.25 bits per heavy atom. The first-order valence-electron chi connectivity index (χ1n) is 18.6. The van der Waals surface area contributed by atoms with Gasteiger partial charge in [0.15, 0.2) is 0 Å². The van der Waals surface area contributed by atoms with Crippen LogP contribution in [0.15, 0.2) is 154 Å². The Labute approximate surface area is 310 Å². The maximum atomic E-state index is 6.68. The van der Waals surface area contributed by atoms with E-state index in [4.69, 9.17) is 8.83 Å². The van der Waals surface area contributed by atoms with Gasteiger partial charge in [-0.15, -0.1) is 0 Å². The van der Waals surface area contributed by atoms with Crippen LogP contribution in [0.25, 0.3) is 77.8 Å². The summed E-state index contributed by atoms with van der Waals surface area (Å²) in [6.07, 6.45) is 2.30. The highest BCUT2D eigenvalue weighted by Crippen LogP contribution is 2.51. The Morgan fingerprint density at radius 3 is 2.09 bits per heavy atom. The largest absolute Gasteiger partial charge is 0.456 e. The fraction of sp³-hybridized carbons (Fsp3) is 0.137. The second-order valence-electron chi connectivity index (χ2n) is 16.2. The molecule has 0 bridgehead atoms. The van der Waals surface area contributed by atoms with Crippen molar-refractivity contribution in [2.45, 2.75) is 45.4 Å². The molecule has 9 aromatic rings. The van der Waals surface area contributed by atoms with E-state index in [1.807, 2.05) is 12.1 Å². The lowest BCUT2D eigenvalue weighted by atomic mass is 9.79. The number of fused-ring (bicyclic) bond motifs is 9. The van der Waals surface area contributed by atoms with Crippen molar-refractivity contribution in [3.8, 4) is 22.3 Å². The second-order valence-corrected chi connectivity index (χ2v) is 16.2. The zero-order chi connectivity index (χ0) is 36.1.